The third-order valence-electron chi connectivity index (χ3n) is 2.88. The monoisotopic (exact) mass is 211 g/mol. The van der Waals surface area contributed by atoms with Crippen molar-refractivity contribution in [3.63, 3.8) is 0 Å². The zero-order chi connectivity index (χ0) is 11.1. The molecule has 16 heavy (non-hydrogen) atoms. The first-order valence-electron chi connectivity index (χ1n) is 5.11. The molecule has 0 bridgehead atoms. The Hall–Kier alpha value is -2.28. The summed E-state index contributed by atoms with van der Waals surface area (Å²) in [6.45, 7) is 0.710. The van der Waals surface area contributed by atoms with E-state index < -0.39 is 0 Å². The van der Waals surface area contributed by atoms with Crippen molar-refractivity contribution in [1.82, 2.24) is 5.01 Å². The summed E-state index contributed by atoms with van der Waals surface area (Å²) in [6.07, 6.45) is 4.18. The average Bonchev–Trinajstić information content (AvgIpc) is 2.70. The number of nitriles is 1. The summed E-state index contributed by atoms with van der Waals surface area (Å²) < 4.78 is 0. The van der Waals surface area contributed by atoms with Crippen LogP contribution in [0.15, 0.2) is 24.4 Å². The van der Waals surface area contributed by atoms with Crippen molar-refractivity contribution in [2.24, 2.45) is 0 Å². The molecule has 4 nitrogen and oxygen atoms in total. The summed E-state index contributed by atoms with van der Waals surface area (Å²) in [5.41, 5.74) is 2.62. The predicted octanol–water partition coefficient (Wildman–Crippen LogP) is 1.50. The first kappa shape index (κ1) is 8.98. The van der Waals surface area contributed by atoms with E-state index in [0.717, 1.165) is 11.3 Å². The molecule has 1 saturated heterocycles. The van der Waals surface area contributed by atoms with Crippen molar-refractivity contribution < 1.29 is 4.79 Å². The highest BCUT2D eigenvalue weighted by Gasteiger charge is 2.30. The van der Waals surface area contributed by atoms with Gasteiger partial charge in [-0.15, -0.1) is 0 Å². The van der Waals surface area contributed by atoms with Crippen molar-refractivity contribution >= 4 is 17.7 Å². The van der Waals surface area contributed by atoms with E-state index in [1.165, 1.54) is 0 Å². The van der Waals surface area contributed by atoms with Gasteiger partial charge in [0.25, 0.3) is 0 Å². The first-order valence-corrected chi connectivity index (χ1v) is 5.11. The Kier molecular flexibility index (Phi) is 1.74. The molecular weight excluding hydrogens is 202 g/mol. The van der Waals surface area contributed by atoms with Crippen molar-refractivity contribution in [1.29, 1.82) is 5.26 Å². The van der Waals surface area contributed by atoms with E-state index >= 15 is 0 Å². The lowest BCUT2D eigenvalue weighted by Gasteiger charge is -2.31. The molecule has 0 saturated carbocycles. The van der Waals surface area contributed by atoms with Crippen LogP contribution in [0.4, 0.5) is 5.69 Å². The highest BCUT2D eigenvalue weighted by Crippen LogP contribution is 2.32. The summed E-state index contributed by atoms with van der Waals surface area (Å²) in [4.78, 5) is 11.5. The van der Waals surface area contributed by atoms with Crippen molar-refractivity contribution in [3.05, 3.63) is 35.5 Å². The van der Waals surface area contributed by atoms with Gasteiger partial charge in [-0.25, -0.2) is 5.01 Å². The van der Waals surface area contributed by atoms with Crippen LogP contribution in [-0.4, -0.2) is 17.5 Å². The Morgan fingerprint density at radius 3 is 3.06 bits per heavy atom. The molecule has 0 unspecified atom stereocenters. The number of carbonyl (C=O) groups is 1. The lowest BCUT2D eigenvalue weighted by Crippen LogP contribution is -2.36. The molecule has 0 N–H and O–H groups in total. The lowest BCUT2D eigenvalue weighted by atomic mass is 10.1. The number of rotatable bonds is 0. The maximum atomic E-state index is 11.5. The summed E-state index contributed by atoms with van der Waals surface area (Å²) in [5.74, 6) is 0.117. The van der Waals surface area contributed by atoms with Gasteiger partial charge in [0.2, 0.25) is 5.91 Å². The van der Waals surface area contributed by atoms with Crippen molar-refractivity contribution in [3.8, 4) is 6.07 Å². The number of hydrogen-bond donors (Lipinski definition) is 0. The molecule has 0 radical (unpaired) electrons. The number of hydrazine groups is 1. The molecule has 1 amide bonds. The van der Waals surface area contributed by atoms with E-state index in [-0.39, 0.29) is 5.91 Å². The zero-order valence-electron chi connectivity index (χ0n) is 8.55. The Morgan fingerprint density at radius 1 is 1.38 bits per heavy atom. The van der Waals surface area contributed by atoms with Gasteiger partial charge in [0.1, 0.15) is 0 Å². The topological polar surface area (TPSA) is 47.3 Å². The van der Waals surface area contributed by atoms with Crippen LogP contribution in [-0.2, 0) is 4.79 Å². The number of fused-ring (bicyclic) bond motifs is 3. The highest BCUT2D eigenvalue weighted by molar-refractivity contribution is 5.87. The molecule has 4 heteroatoms. The van der Waals surface area contributed by atoms with E-state index in [9.17, 15) is 4.79 Å². The molecule has 0 atom stereocenters. The number of hydrogen-bond acceptors (Lipinski definition) is 3. The van der Waals surface area contributed by atoms with Gasteiger partial charge in [-0.1, -0.05) is 0 Å². The summed E-state index contributed by atoms with van der Waals surface area (Å²) in [5, 5.41) is 12.4. The average molecular weight is 211 g/mol. The Balaban J connectivity index is 2.11. The van der Waals surface area contributed by atoms with E-state index in [0.29, 0.717) is 18.5 Å². The molecular formula is C12H9N3O. The Morgan fingerprint density at radius 2 is 2.25 bits per heavy atom. The largest absolute Gasteiger partial charge is 0.278 e. The molecule has 0 aliphatic carbocycles. The third kappa shape index (κ3) is 1.12. The normalized spacial score (nSPS) is 17.1. The molecule has 2 heterocycles. The minimum Gasteiger partial charge on any atom is -0.278 e. The quantitative estimate of drug-likeness (QED) is 0.653. The molecule has 1 aromatic carbocycles. The molecule has 2 aliphatic heterocycles. The van der Waals surface area contributed by atoms with Crippen LogP contribution in [0, 0.1) is 11.3 Å². The summed E-state index contributed by atoms with van der Waals surface area (Å²) in [6, 6.07) is 7.62. The zero-order valence-corrected chi connectivity index (χ0v) is 8.55. The molecule has 0 aromatic heterocycles. The fraction of sp³-hybridized carbons (Fsp3) is 0.167. The fourth-order valence-electron chi connectivity index (χ4n) is 2.10. The first-order chi connectivity index (χ1) is 7.79. The number of amides is 1. The van der Waals surface area contributed by atoms with Gasteiger partial charge < -0.3 is 0 Å². The predicted molar refractivity (Wildman–Crippen MR) is 59.0 cm³/mol. The van der Waals surface area contributed by atoms with Crippen LogP contribution in [0.25, 0.3) is 6.08 Å². The van der Waals surface area contributed by atoms with Gasteiger partial charge >= 0.3 is 0 Å². The third-order valence-corrected chi connectivity index (χ3v) is 2.88. The van der Waals surface area contributed by atoms with E-state index in [2.05, 4.69) is 6.07 Å². The summed E-state index contributed by atoms with van der Waals surface area (Å²) in [7, 11) is 0. The Bertz CT molecular complexity index is 542. The standard InChI is InChI=1S/C12H9N3O/c13-8-9-1-2-11-10(7-9)3-5-15-12(16)4-6-14(11)15/h1-3,5,7H,4,6H2. The smallest absolute Gasteiger partial charge is 0.247 e. The van der Waals surface area contributed by atoms with E-state index in [4.69, 9.17) is 5.26 Å². The SMILES string of the molecule is N#Cc1ccc2c(c1)C=CN1C(=O)CCN21. The van der Waals surface area contributed by atoms with Crippen LogP contribution in [0.2, 0.25) is 0 Å². The second kappa shape index (κ2) is 3.11. The van der Waals surface area contributed by atoms with E-state index in [1.54, 1.807) is 17.3 Å². The van der Waals surface area contributed by atoms with Crippen LogP contribution in [0.1, 0.15) is 17.5 Å². The van der Waals surface area contributed by atoms with Crippen LogP contribution in [0.3, 0.4) is 0 Å². The Labute approximate surface area is 93.0 Å². The molecule has 78 valence electrons. The van der Waals surface area contributed by atoms with E-state index in [1.807, 2.05) is 23.2 Å². The number of anilines is 1. The molecule has 0 spiro atoms. The number of benzene rings is 1. The molecule has 1 aromatic rings. The van der Waals surface area contributed by atoms with Gasteiger partial charge in [-0.3, -0.25) is 9.80 Å². The fourth-order valence-corrected chi connectivity index (χ4v) is 2.10. The highest BCUT2D eigenvalue weighted by atomic mass is 16.2. The van der Waals surface area contributed by atoms with Gasteiger partial charge in [0, 0.05) is 24.7 Å². The van der Waals surface area contributed by atoms with Gasteiger partial charge in [-0.05, 0) is 24.3 Å². The summed E-state index contributed by atoms with van der Waals surface area (Å²) >= 11 is 0. The maximum absolute atomic E-state index is 11.5. The maximum Gasteiger partial charge on any atom is 0.247 e. The molecule has 2 aliphatic rings. The second-order valence-corrected chi connectivity index (χ2v) is 3.81. The minimum absolute atomic E-state index is 0.117. The minimum atomic E-state index is 0.117. The van der Waals surface area contributed by atoms with Crippen LogP contribution in [0.5, 0.6) is 0 Å². The second-order valence-electron chi connectivity index (χ2n) is 3.81. The van der Waals surface area contributed by atoms with Crippen LogP contribution < -0.4 is 5.01 Å². The van der Waals surface area contributed by atoms with Gasteiger partial charge in [-0.2, -0.15) is 5.26 Å². The van der Waals surface area contributed by atoms with Gasteiger partial charge in [0.05, 0.1) is 17.3 Å². The van der Waals surface area contributed by atoms with Crippen LogP contribution >= 0.6 is 0 Å². The van der Waals surface area contributed by atoms with Crippen molar-refractivity contribution in [2.75, 3.05) is 11.6 Å². The number of carbonyl (C=O) groups excluding carboxylic acids is 1. The lowest BCUT2D eigenvalue weighted by molar-refractivity contribution is -0.125. The van der Waals surface area contributed by atoms with Gasteiger partial charge in [0.15, 0.2) is 0 Å². The molecule has 1 fully saturated rings. The molecule has 3 rings (SSSR count). The number of nitrogens with zero attached hydrogens (tertiary/aromatic N) is 3. The van der Waals surface area contributed by atoms with Crippen molar-refractivity contribution in [2.45, 2.75) is 6.42 Å².